The number of nitrogens with zero attached hydrogens (tertiary/aromatic N) is 3. The Morgan fingerprint density at radius 1 is 1.53 bits per heavy atom. The Kier molecular flexibility index (Phi) is 4.97. The number of ether oxygens (including phenoxy) is 1. The number of methoxy groups -OCH3 is 1. The highest BCUT2D eigenvalue weighted by atomic mass is 16.5. The molecule has 0 aliphatic rings. The van der Waals surface area contributed by atoms with E-state index < -0.39 is 0 Å². The van der Waals surface area contributed by atoms with Gasteiger partial charge in [-0.3, -0.25) is 4.79 Å². The van der Waals surface area contributed by atoms with Crippen molar-refractivity contribution in [2.24, 2.45) is 0 Å². The normalized spacial score (nSPS) is 10.5. The van der Waals surface area contributed by atoms with E-state index in [1.54, 1.807) is 11.8 Å². The van der Waals surface area contributed by atoms with Crippen molar-refractivity contribution in [3.8, 4) is 0 Å². The summed E-state index contributed by atoms with van der Waals surface area (Å²) in [5, 5.41) is 7.79. The molecule has 0 saturated carbocycles. The van der Waals surface area contributed by atoms with E-state index in [0.29, 0.717) is 12.3 Å². The van der Waals surface area contributed by atoms with E-state index >= 15 is 0 Å². The van der Waals surface area contributed by atoms with Gasteiger partial charge in [-0.2, -0.15) is 0 Å². The predicted octanol–water partition coefficient (Wildman–Crippen LogP) is 1.08. The fraction of sp³-hybridized carbons (Fsp3) is 0.700. The number of aromatic nitrogens is 3. The molecule has 0 amide bonds. The van der Waals surface area contributed by atoms with Gasteiger partial charge in [0.05, 0.1) is 5.69 Å². The number of aryl methyl sites for hydroxylation is 1. The molecule has 0 N–H and O–H groups in total. The fourth-order valence-corrected chi connectivity index (χ4v) is 1.47. The SMILES string of the molecule is CCCc1c(C=O)nnn1CCCOC. The van der Waals surface area contributed by atoms with Crippen LogP contribution in [0.2, 0.25) is 0 Å². The molecular formula is C10H17N3O2. The summed E-state index contributed by atoms with van der Waals surface area (Å²) in [6, 6.07) is 0. The lowest BCUT2D eigenvalue weighted by Crippen LogP contribution is -2.08. The fourth-order valence-electron chi connectivity index (χ4n) is 1.47. The molecule has 1 aromatic heterocycles. The highest BCUT2D eigenvalue weighted by Gasteiger charge is 2.10. The maximum Gasteiger partial charge on any atom is 0.172 e. The molecule has 0 aromatic carbocycles. The van der Waals surface area contributed by atoms with E-state index in [4.69, 9.17) is 4.74 Å². The molecule has 0 spiro atoms. The molecule has 0 saturated heterocycles. The second-order valence-corrected chi connectivity index (χ2v) is 3.36. The summed E-state index contributed by atoms with van der Waals surface area (Å²) >= 11 is 0. The summed E-state index contributed by atoms with van der Waals surface area (Å²) in [7, 11) is 1.67. The van der Waals surface area contributed by atoms with Crippen LogP contribution in [-0.4, -0.2) is 35.0 Å². The van der Waals surface area contributed by atoms with Crippen LogP contribution in [0.5, 0.6) is 0 Å². The maximum absolute atomic E-state index is 10.7. The van der Waals surface area contributed by atoms with Crippen LogP contribution in [0.4, 0.5) is 0 Å². The monoisotopic (exact) mass is 211 g/mol. The van der Waals surface area contributed by atoms with E-state index in [1.807, 2.05) is 0 Å². The maximum atomic E-state index is 10.7. The summed E-state index contributed by atoms with van der Waals surface area (Å²) in [5.41, 5.74) is 1.40. The third-order valence-corrected chi connectivity index (χ3v) is 2.18. The Morgan fingerprint density at radius 3 is 2.93 bits per heavy atom. The van der Waals surface area contributed by atoms with Gasteiger partial charge in [-0.1, -0.05) is 18.6 Å². The highest BCUT2D eigenvalue weighted by Crippen LogP contribution is 2.07. The quantitative estimate of drug-likeness (QED) is 0.500. The van der Waals surface area contributed by atoms with Gasteiger partial charge in [0.15, 0.2) is 6.29 Å². The first-order valence-corrected chi connectivity index (χ1v) is 5.20. The molecule has 0 unspecified atom stereocenters. The lowest BCUT2D eigenvalue weighted by molar-refractivity contribution is 0.111. The molecule has 1 aromatic rings. The number of hydrogen-bond donors (Lipinski definition) is 0. The second kappa shape index (κ2) is 6.29. The van der Waals surface area contributed by atoms with Gasteiger partial charge >= 0.3 is 0 Å². The molecule has 15 heavy (non-hydrogen) atoms. The van der Waals surface area contributed by atoms with Crippen molar-refractivity contribution in [2.75, 3.05) is 13.7 Å². The smallest absolute Gasteiger partial charge is 0.172 e. The second-order valence-electron chi connectivity index (χ2n) is 3.36. The van der Waals surface area contributed by atoms with Crippen molar-refractivity contribution in [1.82, 2.24) is 15.0 Å². The highest BCUT2D eigenvalue weighted by molar-refractivity contribution is 5.73. The topological polar surface area (TPSA) is 57.0 Å². The van der Waals surface area contributed by atoms with Gasteiger partial charge in [0.25, 0.3) is 0 Å². The summed E-state index contributed by atoms with van der Waals surface area (Å²) in [6.45, 7) is 3.52. The van der Waals surface area contributed by atoms with Crippen LogP contribution < -0.4 is 0 Å². The van der Waals surface area contributed by atoms with Crippen molar-refractivity contribution in [3.05, 3.63) is 11.4 Å². The largest absolute Gasteiger partial charge is 0.385 e. The predicted molar refractivity (Wildman–Crippen MR) is 55.9 cm³/mol. The zero-order chi connectivity index (χ0) is 11.1. The number of rotatable bonds is 7. The molecule has 5 nitrogen and oxygen atoms in total. The first kappa shape index (κ1) is 11.8. The van der Waals surface area contributed by atoms with Gasteiger partial charge in [0.2, 0.25) is 0 Å². The standard InChI is InChI=1S/C10H17N3O2/c1-3-5-10-9(8-14)11-12-13(10)6-4-7-15-2/h8H,3-7H2,1-2H3. The van der Waals surface area contributed by atoms with Crippen LogP contribution in [0.3, 0.4) is 0 Å². The Hall–Kier alpha value is -1.23. The molecule has 1 rings (SSSR count). The Labute approximate surface area is 89.4 Å². The minimum absolute atomic E-state index is 0.467. The van der Waals surface area contributed by atoms with Crippen molar-refractivity contribution >= 4 is 6.29 Å². The van der Waals surface area contributed by atoms with Crippen LogP contribution in [-0.2, 0) is 17.7 Å². The first-order chi connectivity index (χ1) is 7.33. The zero-order valence-corrected chi connectivity index (χ0v) is 9.27. The lowest BCUT2D eigenvalue weighted by atomic mass is 10.2. The molecule has 1 heterocycles. The molecule has 0 fully saturated rings. The van der Waals surface area contributed by atoms with Crippen molar-refractivity contribution < 1.29 is 9.53 Å². The van der Waals surface area contributed by atoms with Gasteiger partial charge in [-0.25, -0.2) is 4.68 Å². The number of carbonyl (C=O) groups is 1. The van der Waals surface area contributed by atoms with Gasteiger partial charge in [-0.15, -0.1) is 5.10 Å². The molecule has 0 bridgehead atoms. The molecule has 84 valence electrons. The van der Waals surface area contributed by atoms with E-state index in [9.17, 15) is 4.79 Å². The Balaban J connectivity index is 2.68. The van der Waals surface area contributed by atoms with Gasteiger partial charge in [0, 0.05) is 20.3 Å². The minimum atomic E-state index is 0.467. The third-order valence-electron chi connectivity index (χ3n) is 2.18. The van der Waals surface area contributed by atoms with Crippen molar-refractivity contribution in [2.45, 2.75) is 32.7 Å². The molecule has 0 radical (unpaired) electrons. The van der Waals surface area contributed by atoms with Gasteiger partial charge in [0.1, 0.15) is 5.69 Å². The Bertz CT molecular complexity index is 310. The number of hydrogen-bond acceptors (Lipinski definition) is 4. The van der Waals surface area contributed by atoms with Gasteiger partial charge in [-0.05, 0) is 12.8 Å². The summed E-state index contributed by atoms with van der Waals surface area (Å²) in [6.07, 6.45) is 3.48. The average molecular weight is 211 g/mol. The zero-order valence-electron chi connectivity index (χ0n) is 9.27. The molecule has 0 aliphatic carbocycles. The molecule has 5 heteroatoms. The summed E-state index contributed by atoms with van der Waals surface area (Å²) in [4.78, 5) is 10.7. The number of carbonyl (C=O) groups excluding carboxylic acids is 1. The van der Waals surface area contributed by atoms with Crippen LogP contribution in [0, 0.1) is 0 Å². The van der Waals surface area contributed by atoms with E-state index in [0.717, 1.165) is 37.8 Å². The molecular weight excluding hydrogens is 194 g/mol. The van der Waals surface area contributed by atoms with Crippen molar-refractivity contribution in [1.29, 1.82) is 0 Å². The molecule has 0 aliphatic heterocycles. The Morgan fingerprint density at radius 2 is 2.33 bits per heavy atom. The van der Waals surface area contributed by atoms with Crippen LogP contribution in [0.15, 0.2) is 0 Å². The van der Waals surface area contributed by atoms with E-state index in [2.05, 4.69) is 17.2 Å². The third kappa shape index (κ3) is 3.13. The summed E-state index contributed by atoms with van der Waals surface area (Å²) < 4.78 is 6.76. The van der Waals surface area contributed by atoms with Crippen LogP contribution in [0.1, 0.15) is 35.9 Å². The first-order valence-electron chi connectivity index (χ1n) is 5.20. The van der Waals surface area contributed by atoms with Crippen LogP contribution in [0.25, 0.3) is 0 Å². The summed E-state index contributed by atoms with van der Waals surface area (Å²) in [5.74, 6) is 0. The van der Waals surface area contributed by atoms with Crippen molar-refractivity contribution in [3.63, 3.8) is 0 Å². The van der Waals surface area contributed by atoms with Crippen LogP contribution >= 0.6 is 0 Å². The van der Waals surface area contributed by atoms with Gasteiger partial charge < -0.3 is 4.74 Å². The number of aldehydes is 1. The average Bonchev–Trinajstić information content (AvgIpc) is 2.62. The molecule has 0 atom stereocenters. The minimum Gasteiger partial charge on any atom is -0.385 e. The lowest BCUT2D eigenvalue weighted by Gasteiger charge is -2.04. The van der Waals surface area contributed by atoms with E-state index in [1.165, 1.54) is 0 Å². The van der Waals surface area contributed by atoms with E-state index in [-0.39, 0.29) is 0 Å².